The Hall–Kier alpha value is -4.10. The monoisotopic (exact) mass is 559 g/mol. The Labute approximate surface area is 235 Å². The minimum absolute atomic E-state index is 0.00397. The van der Waals surface area contributed by atoms with Gasteiger partial charge in [-0.2, -0.15) is 9.97 Å². The zero-order chi connectivity index (χ0) is 28.5. The van der Waals surface area contributed by atoms with E-state index in [4.69, 9.17) is 11.2 Å². The molecule has 0 bridgehead atoms. The van der Waals surface area contributed by atoms with Crippen LogP contribution >= 0.6 is 0 Å². The van der Waals surface area contributed by atoms with Crippen LogP contribution < -0.4 is 9.64 Å². The molecule has 4 heterocycles. The second kappa shape index (κ2) is 9.48. The maximum absolute atomic E-state index is 16.5. The first-order valence-electron chi connectivity index (χ1n) is 13.8. The number of alkyl halides is 1. The molecular formula is C31H28F3N5O2. The molecule has 2 saturated heterocycles. The molecule has 2 aromatic heterocycles. The van der Waals surface area contributed by atoms with E-state index in [0.29, 0.717) is 29.6 Å². The second-order valence-electron chi connectivity index (χ2n) is 11.4. The van der Waals surface area contributed by atoms with Gasteiger partial charge in [-0.15, -0.1) is 6.42 Å². The highest BCUT2D eigenvalue weighted by Gasteiger charge is 2.49. The Morgan fingerprint density at radius 1 is 1.24 bits per heavy atom. The number of aromatic hydroxyl groups is 1. The molecule has 4 aromatic rings. The van der Waals surface area contributed by atoms with Crippen molar-refractivity contribution in [3.8, 4) is 35.4 Å². The maximum atomic E-state index is 16.5. The van der Waals surface area contributed by atoms with Crippen LogP contribution in [0, 0.1) is 24.0 Å². The third-order valence-corrected chi connectivity index (χ3v) is 8.75. The number of rotatable bonds is 6. The van der Waals surface area contributed by atoms with Gasteiger partial charge in [-0.3, -0.25) is 9.88 Å². The van der Waals surface area contributed by atoms with Crippen molar-refractivity contribution in [2.24, 2.45) is 0 Å². The highest BCUT2D eigenvalue weighted by molar-refractivity contribution is 6.03. The summed E-state index contributed by atoms with van der Waals surface area (Å²) in [5.74, 6) is 1.28. The number of nitrogens with zero attached hydrogens (tertiary/aromatic N) is 5. The molecule has 1 saturated carbocycles. The molecule has 3 aliphatic rings. The Kier molecular flexibility index (Phi) is 5.98. The van der Waals surface area contributed by atoms with Crippen molar-refractivity contribution in [3.05, 3.63) is 47.7 Å². The van der Waals surface area contributed by atoms with E-state index in [1.54, 1.807) is 0 Å². The number of hydrogen-bond acceptors (Lipinski definition) is 7. The molecule has 3 fully saturated rings. The number of pyridine rings is 1. The predicted octanol–water partition coefficient (Wildman–Crippen LogP) is 5.36. The van der Waals surface area contributed by atoms with Crippen LogP contribution in [0.3, 0.4) is 0 Å². The van der Waals surface area contributed by atoms with Gasteiger partial charge in [0, 0.05) is 43.2 Å². The van der Waals surface area contributed by atoms with Gasteiger partial charge < -0.3 is 14.7 Å². The predicted molar refractivity (Wildman–Crippen MR) is 150 cm³/mol. The van der Waals surface area contributed by atoms with Gasteiger partial charge in [0.1, 0.15) is 41.4 Å². The fourth-order valence-corrected chi connectivity index (χ4v) is 6.58. The number of hydrogen-bond donors (Lipinski definition) is 1. The van der Waals surface area contributed by atoms with Crippen molar-refractivity contribution in [2.45, 2.75) is 49.9 Å². The number of phenolic OH excluding ortho intramolecular Hbond substituents is 1. The van der Waals surface area contributed by atoms with Crippen LogP contribution in [-0.4, -0.2) is 69.5 Å². The van der Waals surface area contributed by atoms with Crippen LogP contribution in [0.4, 0.5) is 19.0 Å². The van der Waals surface area contributed by atoms with Crippen LogP contribution in [0.2, 0.25) is 0 Å². The number of phenols is 1. The third kappa shape index (κ3) is 4.22. The Morgan fingerprint density at radius 3 is 2.85 bits per heavy atom. The highest BCUT2D eigenvalue weighted by Crippen LogP contribution is 2.42. The molecule has 210 valence electrons. The fourth-order valence-electron chi connectivity index (χ4n) is 6.58. The molecule has 2 atom stereocenters. The first-order chi connectivity index (χ1) is 19.8. The van der Waals surface area contributed by atoms with Gasteiger partial charge in [-0.05, 0) is 55.8 Å². The summed E-state index contributed by atoms with van der Waals surface area (Å²) < 4.78 is 51.6. The molecule has 10 heteroatoms. The van der Waals surface area contributed by atoms with Crippen LogP contribution in [0.15, 0.2) is 30.5 Å². The first-order valence-corrected chi connectivity index (χ1v) is 13.8. The molecule has 7 nitrogen and oxygen atoms in total. The lowest BCUT2D eigenvalue weighted by Gasteiger charge is -2.31. The normalized spacial score (nSPS) is 22.3. The number of aromatic nitrogens is 3. The van der Waals surface area contributed by atoms with E-state index >= 15 is 4.39 Å². The third-order valence-electron chi connectivity index (χ3n) is 8.75. The van der Waals surface area contributed by atoms with Crippen LogP contribution in [0.25, 0.3) is 32.9 Å². The topological polar surface area (TPSA) is 74.6 Å². The van der Waals surface area contributed by atoms with Crippen molar-refractivity contribution < 1.29 is 23.0 Å². The van der Waals surface area contributed by atoms with Gasteiger partial charge in [0.2, 0.25) is 0 Å². The first kappa shape index (κ1) is 25.8. The van der Waals surface area contributed by atoms with E-state index < -0.39 is 23.3 Å². The summed E-state index contributed by atoms with van der Waals surface area (Å²) in [5.41, 5.74) is -0.485. The average Bonchev–Trinajstić information content (AvgIpc) is 3.66. The van der Waals surface area contributed by atoms with Crippen molar-refractivity contribution in [3.63, 3.8) is 0 Å². The number of terminal acetylenes is 1. The van der Waals surface area contributed by atoms with Crippen LogP contribution in [0.1, 0.15) is 37.7 Å². The average molecular weight is 560 g/mol. The van der Waals surface area contributed by atoms with Gasteiger partial charge in [-0.25, -0.2) is 13.2 Å². The molecular weight excluding hydrogens is 531 g/mol. The highest BCUT2D eigenvalue weighted by atomic mass is 19.1. The fraction of sp³-hybridized carbons (Fsp3) is 0.387. The Balaban J connectivity index is 1.38. The molecule has 2 aromatic carbocycles. The number of anilines is 1. The standard InChI is InChI=1S/C31H28F3N5O2/c1-3-21-24(33)8-5-17-11-20(40)12-22(25(17)21)27-26(34)28-23(14-35-27)29(38(2)19-6-7-19)37-30(36-28)41-16-31-9-4-10-39(31)15-18(32)13-31/h1,5,8,11-12,14,18-19,40H,4,6-7,9-10,13,15-16H2,2H3/t18-,31+/m1/s1. The summed E-state index contributed by atoms with van der Waals surface area (Å²) in [6.07, 6.45) is 10.3. The Bertz CT molecular complexity index is 1750. The summed E-state index contributed by atoms with van der Waals surface area (Å²) in [6.45, 7) is 1.41. The van der Waals surface area contributed by atoms with E-state index in [1.165, 1.54) is 30.5 Å². The number of benzene rings is 2. The zero-order valence-corrected chi connectivity index (χ0v) is 22.5. The van der Waals surface area contributed by atoms with Gasteiger partial charge >= 0.3 is 6.01 Å². The van der Waals surface area contributed by atoms with Crippen molar-refractivity contribution >= 4 is 27.5 Å². The van der Waals surface area contributed by atoms with Crippen LogP contribution in [0.5, 0.6) is 11.8 Å². The van der Waals surface area contributed by atoms with Gasteiger partial charge in [0.15, 0.2) is 5.82 Å². The molecule has 41 heavy (non-hydrogen) atoms. The summed E-state index contributed by atoms with van der Waals surface area (Å²) in [6, 6.07) is 5.69. The summed E-state index contributed by atoms with van der Waals surface area (Å²) >= 11 is 0. The SMILES string of the molecule is C#Cc1c(F)ccc2cc(O)cc(-c3ncc4c(N(C)C5CC5)nc(OC[C@@]56CCCN5C[C@H](F)C6)nc4c3F)c12. The molecule has 2 aliphatic heterocycles. The summed E-state index contributed by atoms with van der Waals surface area (Å²) in [5, 5.41) is 11.5. The molecule has 1 N–H and O–H groups in total. The van der Waals surface area contributed by atoms with E-state index in [1.807, 2.05) is 11.9 Å². The summed E-state index contributed by atoms with van der Waals surface area (Å²) in [4.78, 5) is 17.6. The van der Waals surface area contributed by atoms with Crippen molar-refractivity contribution in [1.29, 1.82) is 0 Å². The van der Waals surface area contributed by atoms with E-state index in [2.05, 4.69) is 25.8 Å². The van der Waals surface area contributed by atoms with Crippen LogP contribution in [-0.2, 0) is 0 Å². The second-order valence-corrected chi connectivity index (χ2v) is 11.4. The van der Waals surface area contributed by atoms with E-state index in [9.17, 15) is 13.9 Å². The zero-order valence-electron chi connectivity index (χ0n) is 22.5. The lowest BCUT2D eigenvalue weighted by molar-refractivity contribution is 0.107. The molecule has 7 rings (SSSR count). The van der Waals surface area contributed by atoms with Gasteiger partial charge in [0.25, 0.3) is 0 Å². The number of halogens is 3. The largest absolute Gasteiger partial charge is 0.508 e. The molecule has 0 amide bonds. The molecule has 0 radical (unpaired) electrons. The molecule has 1 aliphatic carbocycles. The summed E-state index contributed by atoms with van der Waals surface area (Å²) in [7, 11) is 1.89. The van der Waals surface area contributed by atoms with Crippen molar-refractivity contribution in [1.82, 2.24) is 19.9 Å². The lowest BCUT2D eigenvalue weighted by Crippen LogP contribution is -2.43. The molecule has 0 unspecified atom stereocenters. The Morgan fingerprint density at radius 2 is 2.07 bits per heavy atom. The van der Waals surface area contributed by atoms with Gasteiger partial charge in [-0.1, -0.05) is 12.0 Å². The van der Waals surface area contributed by atoms with E-state index in [0.717, 1.165) is 32.2 Å². The quantitative estimate of drug-likeness (QED) is 0.319. The van der Waals surface area contributed by atoms with E-state index in [-0.39, 0.29) is 52.1 Å². The molecule has 0 spiro atoms. The van der Waals surface area contributed by atoms with Gasteiger partial charge in [0.05, 0.1) is 16.5 Å². The smallest absolute Gasteiger partial charge is 0.319 e. The van der Waals surface area contributed by atoms with Crippen molar-refractivity contribution in [2.75, 3.05) is 31.6 Å². The minimum Gasteiger partial charge on any atom is -0.508 e. The maximum Gasteiger partial charge on any atom is 0.319 e. The number of ether oxygens (including phenoxy) is 1. The minimum atomic E-state index is -0.908. The lowest BCUT2D eigenvalue weighted by atomic mass is 9.95. The number of fused-ring (bicyclic) bond motifs is 3.